The SMILES string of the molecule is CCCn1ccc(CNC(C)C(=O)N2CCOCC2)c1. The number of aromatic nitrogens is 1. The van der Waals surface area contributed by atoms with E-state index < -0.39 is 0 Å². The van der Waals surface area contributed by atoms with Crippen molar-refractivity contribution >= 4 is 5.91 Å². The highest BCUT2D eigenvalue weighted by atomic mass is 16.5. The maximum Gasteiger partial charge on any atom is 0.239 e. The van der Waals surface area contributed by atoms with Crippen LogP contribution >= 0.6 is 0 Å². The maximum atomic E-state index is 12.2. The third-order valence-corrected chi connectivity index (χ3v) is 3.60. The Hall–Kier alpha value is -1.33. The van der Waals surface area contributed by atoms with E-state index in [1.165, 1.54) is 5.56 Å². The third kappa shape index (κ3) is 4.08. The largest absolute Gasteiger partial charge is 0.378 e. The summed E-state index contributed by atoms with van der Waals surface area (Å²) in [4.78, 5) is 14.1. The second-order valence-corrected chi connectivity index (χ2v) is 5.30. The van der Waals surface area contributed by atoms with Gasteiger partial charge in [0.2, 0.25) is 5.91 Å². The Morgan fingerprint density at radius 2 is 2.20 bits per heavy atom. The van der Waals surface area contributed by atoms with Crippen molar-refractivity contribution in [2.75, 3.05) is 26.3 Å². The van der Waals surface area contributed by atoms with Gasteiger partial charge in [0, 0.05) is 38.6 Å². The molecule has 5 nitrogen and oxygen atoms in total. The minimum Gasteiger partial charge on any atom is -0.378 e. The van der Waals surface area contributed by atoms with Crippen molar-refractivity contribution in [1.29, 1.82) is 0 Å². The molecule has 0 spiro atoms. The van der Waals surface area contributed by atoms with Crippen LogP contribution < -0.4 is 5.32 Å². The van der Waals surface area contributed by atoms with Crippen LogP contribution in [0.25, 0.3) is 0 Å². The topological polar surface area (TPSA) is 46.5 Å². The van der Waals surface area contributed by atoms with E-state index in [-0.39, 0.29) is 11.9 Å². The van der Waals surface area contributed by atoms with Crippen molar-refractivity contribution in [2.24, 2.45) is 0 Å². The lowest BCUT2D eigenvalue weighted by Gasteiger charge is -2.29. The van der Waals surface area contributed by atoms with Crippen LogP contribution in [0.5, 0.6) is 0 Å². The zero-order valence-electron chi connectivity index (χ0n) is 12.5. The molecule has 1 saturated heterocycles. The predicted molar refractivity (Wildman–Crippen MR) is 78.4 cm³/mol. The molecule has 0 radical (unpaired) electrons. The van der Waals surface area contributed by atoms with Crippen molar-refractivity contribution in [1.82, 2.24) is 14.8 Å². The summed E-state index contributed by atoms with van der Waals surface area (Å²) in [6.45, 7) is 8.59. The molecule has 1 aliphatic heterocycles. The molecule has 0 aliphatic carbocycles. The van der Waals surface area contributed by atoms with Gasteiger partial charge >= 0.3 is 0 Å². The van der Waals surface area contributed by atoms with Crippen LogP contribution in [-0.2, 0) is 22.6 Å². The molecule has 1 atom stereocenters. The minimum atomic E-state index is -0.150. The second kappa shape index (κ2) is 7.45. The van der Waals surface area contributed by atoms with Crippen molar-refractivity contribution in [3.8, 4) is 0 Å². The van der Waals surface area contributed by atoms with Crippen LogP contribution in [0.3, 0.4) is 0 Å². The Balaban J connectivity index is 1.78. The second-order valence-electron chi connectivity index (χ2n) is 5.30. The molecule has 1 aromatic rings. The summed E-state index contributed by atoms with van der Waals surface area (Å²) in [5, 5.41) is 3.31. The monoisotopic (exact) mass is 279 g/mol. The van der Waals surface area contributed by atoms with Crippen molar-refractivity contribution < 1.29 is 9.53 Å². The number of morpholine rings is 1. The van der Waals surface area contributed by atoms with Crippen LogP contribution in [0.2, 0.25) is 0 Å². The van der Waals surface area contributed by atoms with Crippen LogP contribution in [0.4, 0.5) is 0 Å². The fraction of sp³-hybridized carbons (Fsp3) is 0.667. The average molecular weight is 279 g/mol. The third-order valence-electron chi connectivity index (χ3n) is 3.60. The Morgan fingerprint density at radius 3 is 2.90 bits per heavy atom. The number of hydrogen-bond donors (Lipinski definition) is 1. The fourth-order valence-electron chi connectivity index (χ4n) is 2.41. The van der Waals surface area contributed by atoms with Gasteiger partial charge in [0.15, 0.2) is 0 Å². The van der Waals surface area contributed by atoms with Crippen LogP contribution in [-0.4, -0.2) is 47.7 Å². The zero-order valence-corrected chi connectivity index (χ0v) is 12.5. The first-order valence-electron chi connectivity index (χ1n) is 7.45. The maximum absolute atomic E-state index is 12.2. The lowest BCUT2D eigenvalue weighted by Crippen LogP contribution is -2.49. The molecule has 1 aliphatic rings. The highest BCUT2D eigenvalue weighted by molar-refractivity contribution is 5.81. The van der Waals surface area contributed by atoms with Crippen LogP contribution in [0.1, 0.15) is 25.8 Å². The highest BCUT2D eigenvalue weighted by Crippen LogP contribution is 2.04. The average Bonchev–Trinajstić information content (AvgIpc) is 2.93. The number of nitrogens with one attached hydrogen (secondary N) is 1. The van der Waals surface area contributed by atoms with Gasteiger partial charge in [-0.1, -0.05) is 6.92 Å². The Morgan fingerprint density at radius 1 is 1.45 bits per heavy atom. The van der Waals surface area contributed by atoms with Gasteiger partial charge in [-0.3, -0.25) is 4.79 Å². The number of rotatable bonds is 6. The van der Waals surface area contributed by atoms with Crippen LogP contribution in [0, 0.1) is 0 Å². The molecule has 2 rings (SSSR count). The van der Waals surface area contributed by atoms with Gasteiger partial charge in [0.05, 0.1) is 19.3 Å². The van der Waals surface area contributed by atoms with Crippen LogP contribution in [0.15, 0.2) is 18.5 Å². The molecule has 0 aromatic carbocycles. The smallest absolute Gasteiger partial charge is 0.239 e. The quantitative estimate of drug-likeness (QED) is 0.852. The first-order valence-corrected chi connectivity index (χ1v) is 7.45. The lowest BCUT2D eigenvalue weighted by atomic mass is 10.2. The fourth-order valence-corrected chi connectivity index (χ4v) is 2.41. The summed E-state index contributed by atoms with van der Waals surface area (Å²) < 4.78 is 7.45. The summed E-state index contributed by atoms with van der Waals surface area (Å²) in [6.07, 6.45) is 5.37. The molecule has 112 valence electrons. The van der Waals surface area contributed by atoms with E-state index in [0.717, 1.165) is 19.5 Å². The number of nitrogens with zero attached hydrogens (tertiary/aromatic N) is 2. The van der Waals surface area contributed by atoms with E-state index in [1.807, 2.05) is 11.8 Å². The van der Waals surface area contributed by atoms with Gasteiger partial charge in [0.25, 0.3) is 0 Å². The number of carbonyl (C=O) groups is 1. The van der Waals surface area contributed by atoms with Gasteiger partial charge < -0.3 is 19.5 Å². The molecule has 20 heavy (non-hydrogen) atoms. The Labute approximate surface area is 120 Å². The molecule has 5 heteroatoms. The zero-order chi connectivity index (χ0) is 14.4. The number of amides is 1. The molecule has 1 N–H and O–H groups in total. The summed E-state index contributed by atoms with van der Waals surface area (Å²) in [7, 11) is 0. The summed E-state index contributed by atoms with van der Waals surface area (Å²) in [5.74, 6) is 0.168. The first kappa shape index (κ1) is 15.1. The minimum absolute atomic E-state index is 0.150. The molecule has 1 aromatic heterocycles. The Kier molecular flexibility index (Phi) is 5.61. The normalized spacial score (nSPS) is 17.2. The number of hydrogen-bond acceptors (Lipinski definition) is 3. The molecular formula is C15H25N3O2. The van der Waals surface area contributed by atoms with E-state index in [1.54, 1.807) is 0 Å². The van der Waals surface area contributed by atoms with Gasteiger partial charge in [-0.15, -0.1) is 0 Å². The molecular weight excluding hydrogens is 254 g/mol. The van der Waals surface area contributed by atoms with Crippen molar-refractivity contribution in [2.45, 2.75) is 39.4 Å². The molecule has 1 fully saturated rings. The standard InChI is InChI=1S/C15H25N3O2/c1-3-5-17-6-4-14(12-17)11-16-13(2)15(19)18-7-9-20-10-8-18/h4,6,12-13,16H,3,5,7-11H2,1-2H3. The van der Waals surface area contributed by atoms with Gasteiger partial charge in [-0.05, 0) is 25.0 Å². The first-order chi connectivity index (χ1) is 9.70. The molecule has 0 bridgehead atoms. The van der Waals surface area contributed by atoms with E-state index in [9.17, 15) is 4.79 Å². The van der Waals surface area contributed by atoms with Gasteiger partial charge in [-0.25, -0.2) is 0 Å². The predicted octanol–water partition coefficient (Wildman–Crippen LogP) is 1.24. The summed E-state index contributed by atoms with van der Waals surface area (Å²) in [6, 6.07) is 1.96. The summed E-state index contributed by atoms with van der Waals surface area (Å²) in [5.41, 5.74) is 1.22. The van der Waals surface area contributed by atoms with E-state index >= 15 is 0 Å². The number of ether oxygens (including phenoxy) is 1. The molecule has 2 heterocycles. The van der Waals surface area contributed by atoms with E-state index in [2.05, 4.69) is 35.3 Å². The van der Waals surface area contributed by atoms with E-state index in [0.29, 0.717) is 26.3 Å². The van der Waals surface area contributed by atoms with Gasteiger partial charge in [-0.2, -0.15) is 0 Å². The van der Waals surface area contributed by atoms with Crippen molar-refractivity contribution in [3.05, 3.63) is 24.0 Å². The highest BCUT2D eigenvalue weighted by Gasteiger charge is 2.21. The molecule has 1 unspecified atom stereocenters. The van der Waals surface area contributed by atoms with Gasteiger partial charge in [0.1, 0.15) is 0 Å². The molecule has 1 amide bonds. The van der Waals surface area contributed by atoms with E-state index in [4.69, 9.17) is 4.74 Å². The number of carbonyl (C=O) groups excluding carboxylic acids is 1. The van der Waals surface area contributed by atoms with Crippen molar-refractivity contribution in [3.63, 3.8) is 0 Å². The summed E-state index contributed by atoms with van der Waals surface area (Å²) >= 11 is 0. The number of aryl methyl sites for hydroxylation is 1. The molecule has 0 saturated carbocycles. The Bertz CT molecular complexity index is 425. The lowest BCUT2D eigenvalue weighted by molar-refractivity contribution is -0.137.